The van der Waals surface area contributed by atoms with Gasteiger partial charge in [-0.1, -0.05) is 41.9 Å². The molecule has 0 unspecified atom stereocenters. The SMILES string of the molecule is O=C(Nc1ccccc1Nc1ccccc1)c1ccc(Cl)c(S(=O)(=O)N2CCCC2)c1. The van der Waals surface area contributed by atoms with Crippen LogP contribution in [0.4, 0.5) is 17.1 Å². The Morgan fingerprint density at radius 3 is 2.23 bits per heavy atom. The lowest BCUT2D eigenvalue weighted by atomic mass is 10.2. The Morgan fingerprint density at radius 1 is 0.871 bits per heavy atom. The predicted molar refractivity (Wildman–Crippen MR) is 124 cm³/mol. The first kappa shape index (κ1) is 21.4. The van der Waals surface area contributed by atoms with Crippen molar-refractivity contribution in [3.63, 3.8) is 0 Å². The van der Waals surface area contributed by atoms with Gasteiger partial charge in [0.2, 0.25) is 10.0 Å². The topological polar surface area (TPSA) is 78.5 Å². The van der Waals surface area contributed by atoms with Crippen LogP contribution in [0.3, 0.4) is 0 Å². The highest BCUT2D eigenvalue weighted by atomic mass is 35.5. The standard InChI is InChI=1S/C23H22ClN3O3S/c24-19-13-12-17(16-22(19)31(29,30)27-14-6-7-15-27)23(28)26-21-11-5-4-10-20(21)25-18-8-2-1-3-9-18/h1-5,8-13,16,25H,6-7,14-15H2,(H,26,28). The van der Waals surface area contributed by atoms with Crippen LogP contribution in [0.15, 0.2) is 77.7 Å². The third-order valence-corrected chi connectivity index (χ3v) is 7.48. The molecule has 1 saturated heterocycles. The zero-order valence-electron chi connectivity index (χ0n) is 16.7. The van der Waals surface area contributed by atoms with Gasteiger partial charge in [-0.25, -0.2) is 8.42 Å². The largest absolute Gasteiger partial charge is 0.354 e. The van der Waals surface area contributed by atoms with E-state index >= 15 is 0 Å². The minimum absolute atomic E-state index is 0.0422. The molecular weight excluding hydrogens is 434 g/mol. The van der Waals surface area contributed by atoms with Gasteiger partial charge in [0.15, 0.2) is 0 Å². The van der Waals surface area contributed by atoms with Gasteiger partial charge in [-0.15, -0.1) is 0 Å². The number of benzene rings is 3. The molecule has 1 amide bonds. The molecule has 1 fully saturated rings. The number of nitrogens with zero attached hydrogens (tertiary/aromatic N) is 1. The molecule has 0 atom stereocenters. The molecule has 1 aliphatic rings. The first-order valence-corrected chi connectivity index (χ1v) is 11.8. The second-order valence-electron chi connectivity index (χ2n) is 7.25. The third kappa shape index (κ3) is 4.74. The lowest BCUT2D eigenvalue weighted by Crippen LogP contribution is -2.28. The van der Waals surface area contributed by atoms with E-state index in [1.54, 1.807) is 6.07 Å². The smallest absolute Gasteiger partial charge is 0.255 e. The van der Waals surface area contributed by atoms with Gasteiger partial charge in [-0.05, 0) is 55.3 Å². The van der Waals surface area contributed by atoms with Gasteiger partial charge >= 0.3 is 0 Å². The van der Waals surface area contributed by atoms with Crippen LogP contribution < -0.4 is 10.6 Å². The number of amides is 1. The predicted octanol–water partition coefficient (Wildman–Crippen LogP) is 5.12. The molecule has 3 aromatic carbocycles. The summed E-state index contributed by atoms with van der Waals surface area (Å²) in [5.41, 5.74) is 2.41. The van der Waals surface area contributed by atoms with E-state index in [-0.39, 0.29) is 15.5 Å². The number of carbonyl (C=O) groups excluding carboxylic acids is 1. The Hall–Kier alpha value is -2.87. The van der Waals surface area contributed by atoms with Gasteiger partial charge in [0.05, 0.1) is 16.4 Å². The normalized spacial score (nSPS) is 14.4. The van der Waals surface area contributed by atoms with Crippen molar-refractivity contribution in [2.75, 3.05) is 23.7 Å². The summed E-state index contributed by atoms with van der Waals surface area (Å²) in [6.07, 6.45) is 1.64. The fourth-order valence-corrected chi connectivity index (χ4v) is 5.50. The lowest BCUT2D eigenvalue weighted by molar-refractivity contribution is 0.102. The van der Waals surface area contributed by atoms with Gasteiger partial charge < -0.3 is 10.6 Å². The monoisotopic (exact) mass is 455 g/mol. The van der Waals surface area contributed by atoms with Gasteiger partial charge in [0.1, 0.15) is 4.90 Å². The van der Waals surface area contributed by atoms with Crippen LogP contribution in [0.2, 0.25) is 5.02 Å². The molecule has 1 aliphatic heterocycles. The maximum absolute atomic E-state index is 12.9. The van der Waals surface area contributed by atoms with Crippen LogP contribution in [0.1, 0.15) is 23.2 Å². The number of hydrogen-bond acceptors (Lipinski definition) is 4. The second kappa shape index (κ2) is 9.09. The quantitative estimate of drug-likeness (QED) is 0.540. The lowest BCUT2D eigenvalue weighted by Gasteiger charge is -2.17. The maximum atomic E-state index is 12.9. The summed E-state index contributed by atoms with van der Waals surface area (Å²) in [7, 11) is -3.74. The Kier molecular flexibility index (Phi) is 6.27. The minimum Gasteiger partial charge on any atom is -0.354 e. The highest BCUT2D eigenvalue weighted by molar-refractivity contribution is 7.89. The molecule has 0 radical (unpaired) electrons. The molecule has 160 valence electrons. The third-order valence-electron chi connectivity index (χ3n) is 5.10. The summed E-state index contributed by atoms with van der Waals surface area (Å²) >= 11 is 6.19. The fraction of sp³-hybridized carbons (Fsp3) is 0.174. The van der Waals surface area contributed by atoms with Crippen molar-refractivity contribution in [2.45, 2.75) is 17.7 Å². The number of nitrogens with one attached hydrogen (secondary N) is 2. The molecule has 0 saturated carbocycles. The molecule has 3 aromatic rings. The van der Waals surface area contributed by atoms with E-state index in [0.717, 1.165) is 24.2 Å². The number of sulfonamides is 1. The molecule has 1 heterocycles. The van der Waals surface area contributed by atoms with Crippen LogP contribution in [-0.2, 0) is 10.0 Å². The van der Waals surface area contributed by atoms with Crippen LogP contribution in [-0.4, -0.2) is 31.7 Å². The number of anilines is 3. The van der Waals surface area contributed by atoms with E-state index in [4.69, 9.17) is 11.6 Å². The molecule has 2 N–H and O–H groups in total. The average molecular weight is 456 g/mol. The summed E-state index contributed by atoms with van der Waals surface area (Å²) < 4.78 is 27.3. The molecule has 31 heavy (non-hydrogen) atoms. The fourth-order valence-electron chi connectivity index (χ4n) is 3.48. The number of para-hydroxylation sites is 3. The Morgan fingerprint density at radius 2 is 1.52 bits per heavy atom. The van der Waals surface area contributed by atoms with Crippen molar-refractivity contribution in [2.24, 2.45) is 0 Å². The van der Waals surface area contributed by atoms with Gasteiger partial charge in [0.25, 0.3) is 5.91 Å². The van der Waals surface area contributed by atoms with Crippen molar-refractivity contribution in [3.8, 4) is 0 Å². The highest BCUT2D eigenvalue weighted by Crippen LogP contribution is 2.29. The zero-order valence-corrected chi connectivity index (χ0v) is 18.3. The van der Waals surface area contributed by atoms with Crippen LogP contribution in [0, 0.1) is 0 Å². The molecule has 8 heteroatoms. The Bertz CT molecular complexity index is 1190. The number of carbonyl (C=O) groups is 1. The van der Waals surface area contributed by atoms with Crippen LogP contribution in [0.25, 0.3) is 0 Å². The molecule has 4 rings (SSSR count). The number of rotatable bonds is 6. The van der Waals surface area contributed by atoms with E-state index in [1.165, 1.54) is 22.5 Å². The number of hydrogen-bond donors (Lipinski definition) is 2. The van der Waals surface area contributed by atoms with Gasteiger partial charge in [-0.2, -0.15) is 4.31 Å². The van der Waals surface area contributed by atoms with E-state index in [9.17, 15) is 13.2 Å². The molecule has 0 aliphatic carbocycles. The molecule has 0 bridgehead atoms. The Labute approximate surface area is 186 Å². The highest BCUT2D eigenvalue weighted by Gasteiger charge is 2.29. The second-order valence-corrected chi connectivity index (χ2v) is 9.56. The summed E-state index contributed by atoms with van der Waals surface area (Å²) in [5.74, 6) is -0.420. The van der Waals surface area contributed by atoms with Crippen molar-refractivity contribution in [1.82, 2.24) is 4.31 Å². The first-order valence-electron chi connectivity index (χ1n) is 9.97. The van der Waals surface area contributed by atoms with Crippen LogP contribution >= 0.6 is 11.6 Å². The van der Waals surface area contributed by atoms with Crippen molar-refractivity contribution < 1.29 is 13.2 Å². The molecule has 6 nitrogen and oxygen atoms in total. The maximum Gasteiger partial charge on any atom is 0.255 e. The van der Waals surface area contributed by atoms with E-state index in [1.807, 2.05) is 48.5 Å². The van der Waals surface area contributed by atoms with Gasteiger partial charge in [0, 0.05) is 24.3 Å². The van der Waals surface area contributed by atoms with E-state index in [0.29, 0.717) is 18.8 Å². The van der Waals surface area contributed by atoms with Gasteiger partial charge in [-0.3, -0.25) is 4.79 Å². The number of halogens is 1. The minimum atomic E-state index is -3.74. The molecular formula is C23H22ClN3O3S. The average Bonchev–Trinajstić information content (AvgIpc) is 3.32. The molecule has 0 aromatic heterocycles. The first-order chi connectivity index (χ1) is 14.9. The van der Waals surface area contributed by atoms with Crippen molar-refractivity contribution in [3.05, 3.63) is 83.4 Å². The Balaban J connectivity index is 1.59. The van der Waals surface area contributed by atoms with Crippen LogP contribution in [0.5, 0.6) is 0 Å². The molecule has 0 spiro atoms. The summed E-state index contributed by atoms with van der Waals surface area (Å²) in [6, 6.07) is 21.2. The van der Waals surface area contributed by atoms with E-state index < -0.39 is 15.9 Å². The summed E-state index contributed by atoms with van der Waals surface area (Å²) in [5, 5.41) is 6.24. The van der Waals surface area contributed by atoms with E-state index in [2.05, 4.69) is 10.6 Å². The summed E-state index contributed by atoms with van der Waals surface area (Å²) in [4.78, 5) is 12.9. The van der Waals surface area contributed by atoms with Crippen molar-refractivity contribution >= 4 is 44.6 Å². The van der Waals surface area contributed by atoms with Crippen molar-refractivity contribution in [1.29, 1.82) is 0 Å². The zero-order chi connectivity index (χ0) is 21.8. The summed E-state index contributed by atoms with van der Waals surface area (Å²) in [6.45, 7) is 0.932.